The molecule has 3 nitrogen and oxygen atoms in total. The van der Waals surface area contributed by atoms with Gasteiger partial charge in [0.1, 0.15) is 0 Å². The molecule has 48 valence electrons. The van der Waals surface area contributed by atoms with Gasteiger partial charge in [-0.05, 0) is 6.08 Å². The predicted molar refractivity (Wildman–Crippen MR) is 29.8 cm³/mol. The van der Waals surface area contributed by atoms with Crippen LogP contribution in [-0.2, 0) is 9.59 Å². The van der Waals surface area contributed by atoms with E-state index in [0.29, 0.717) is 0 Å². The highest BCUT2D eigenvalue weighted by Gasteiger charge is 2.22. The van der Waals surface area contributed by atoms with Crippen molar-refractivity contribution in [3.05, 3.63) is 12.2 Å². The van der Waals surface area contributed by atoms with Crippen molar-refractivity contribution in [2.45, 2.75) is 12.5 Å². The Kier molecular flexibility index (Phi) is 1.44. The van der Waals surface area contributed by atoms with Crippen LogP contribution in [0.5, 0.6) is 0 Å². The Hall–Kier alpha value is -0.960. The van der Waals surface area contributed by atoms with Crippen molar-refractivity contribution >= 4 is 11.6 Å². The lowest BCUT2D eigenvalue weighted by atomic mass is 10.0. The Morgan fingerprint density at radius 1 is 1.56 bits per heavy atom. The Labute approximate surface area is 52.0 Å². The van der Waals surface area contributed by atoms with Gasteiger partial charge < -0.3 is 5.11 Å². The molecule has 9 heavy (non-hydrogen) atoms. The van der Waals surface area contributed by atoms with Crippen LogP contribution < -0.4 is 0 Å². The molecular weight excluding hydrogens is 120 g/mol. The van der Waals surface area contributed by atoms with Gasteiger partial charge in [0.15, 0.2) is 17.7 Å². The van der Waals surface area contributed by atoms with E-state index in [4.69, 9.17) is 5.11 Å². The first-order chi connectivity index (χ1) is 4.22. The highest BCUT2D eigenvalue weighted by Crippen LogP contribution is 2.02. The zero-order valence-electron chi connectivity index (χ0n) is 4.70. The van der Waals surface area contributed by atoms with Crippen LogP contribution in [0.2, 0.25) is 0 Å². The maximum Gasteiger partial charge on any atom is 0.191 e. The minimum absolute atomic E-state index is 0.174. The number of ketones is 2. The molecule has 1 atom stereocenters. The summed E-state index contributed by atoms with van der Waals surface area (Å²) < 4.78 is 0. The molecule has 0 heterocycles. The van der Waals surface area contributed by atoms with E-state index in [1.54, 1.807) is 0 Å². The Bertz CT molecular complexity index is 181. The first kappa shape index (κ1) is 6.16. The maximum atomic E-state index is 10.5. The van der Waals surface area contributed by atoms with Crippen LogP contribution in [0, 0.1) is 0 Å². The molecule has 0 radical (unpaired) electrons. The summed E-state index contributed by atoms with van der Waals surface area (Å²) in [4.78, 5) is 20.9. The van der Waals surface area contributed by atoms with Gasteiger partial charge in [-0.15, -0.1) is 0 Å². The summed E-state index contributed by atoms with van der Waals surface area (Å²) in [5.41, 5.74) is 0. The summed E-state index contributed by atoms with van der Waals surface area (Å²) >= 11 is 0. The van der Waals surface area contributed by atoms with Gasteiger partial charge in [-0.25, -0.2) is 0 Å². The monoisotopic (exact) mass is 126 g/mol. The minimum atomic E-state index is -1.39. The second kappa shape index (κ2) is 2.11. The van der Waals surface area contributed by atoms with Crippen molar-refractivity contribution in [2.75, 3.05) is 0 Å². The van der Waals surface area contributed by atoms with Crippen LogP contribution in [0.15, 0.2) is 12.2 Å². The van der Waals surface area contributed by atoms with E-state index in [1.165, 1.54) is 12.2 Å². The highest BCUT2D eigenvalue weighted by molar-refractivity contribution is 6.12. The molecule has 0 saturated carbocycles. The van der Waals surface area contributed by atoms with E-state index in [-0.39, 0.29) is 6.42 Å². The third-order valence-electron chi connectivity index (χ3n) is 1.18. The average Bonchev–Trinajstić information content (AvgIpc) is 1.83. The molecule has 1 aliphatic carbocycles. The van der Waals surface area contributed by atoms with Gasteiger partial charge in [-0.1, -0.05) is 6.08 Å². The number of aliphatic hydroxyl groups excluding tert-OH is 1. The zero-order chi connectivity index (χ0) is 6.85. The zero-order valence-corrected chi connectivity index (χ0v) is 4.70. The van der Waals surface area contributed by atoms with E-state index in [1.807, 2.05) is 0 Å². The SMILES string of the molecule is O=C1C=CCC(=O)C1O. The van der Waals surface area contributed by atoms with E-state index < -0.39 is 17.7 Å². The first-order valence-corrected chi connectivity index (χ1v) is 2.63. The van der Waals surface area contributed by atoms with Crippen LogP contribution >= 0.6 is 0 Å². The Morgan fingerprint density at radius 3 is 2.67 bits per heavy atom. The fourth-order valence-electron chi connectivity index (χ4n) is 0.653. The number of carbonyl (C=O) groups is 2. The molecule has 1 aliphatic rings. The van der Waals surface area contributed by atoms with E-state index in [2.05, 4.69) is 0 Å². The molecule has 0 aromatic carbocycles. The van der Waals surface area contributed by atoms with Crippen LogP contribution in [0.3, 0.4) is 0 Å². The summed E-state index contributed by atoms with van der Waals surface area (Å²) in [5.74, 6) is -0.922. The van der Waals surface area contributed by atoms with Gasteiger partial charge in [-0.3, -0.25) is 9.59 Å². The molecular formula is C6H6O3. The third-order valence-corrected chi connectivity index (χ3v) is 1.18. The number of aliphatic hydroxyl groups is 1. The van der Waals surface area contributed by atoms with Gasteiger partial charge in [-0.2, -0.15) is 0 Å². The van der Waals surface area contributed by atoms with Crippen LogP contribution in [0.4, 0.5) is 0 Å². The van der Waals surface area contributed by atoms with E-state index in [9.17, 15) is 9.59 Å². The molecule has 1 rings (SSSR count). The molecule has 0 saturated heterocycles. The fraction of sp³-hybridized carbons (Fsp3) is 0.333. The topological polar surface area (TPSA) is 54.4 Å². The van der Waals surface area contributed by atoms with Crippen molar-refractivity contribution < 1.29 is 14.7 Å². The molecule has 0 amide bonds. The highest BCUT2D eigenvalue weighted by atomic mass is 16.3. The second-order valence-corrected chi connectivity index (χ2v) is 1.88. The minimum Gasteiger partial charge on any atom is -0.377 e. The lowest BCUT2D eigenvalue weighted by molar-refractivity contribution is -0.136. The third kappa shape index (κ3) is 1.05. The molecule has 1 unspecified atom stereocenters. The molecule has 3 heteroatoms. The summed E-state index contributed by atoms with van der Waals surface area (Å²) in [6, 6.07) is 0. The standard InChI is InChI=1S/C6H6O3/c7-4-2-1-3-5(8)6(4)9/h1-2,6,9H,3H2. The van der Waals surface area contributed by atoms with Gasteiger partial charge in [0.25, 0.3) is 0 Å². The van der Waals surface area contributed by atoms with E-state index in [0.717, 1.165) is 0 Å². The largest absolute Gasteiger partial charge is 0.377 e. The van der Waals surface area contributed by atoms with Gasteiger partial charge >= 0.3 is 0 Å². The van der Waals surface area contributed by atoms with Crippen molar-refractivity contribution in [1.82, 2.24) is 0 Å². The Balaban J connectivity index is 2.81. The molecule has 0 fully saturated rings. The molecule has 0 bridgehead atoms. The van der Waals surface area contributed by atoms with Crippen LogP contribution in [-0.4, -0.2) is 22.8 Å². The normalized spacial score (nSPS) is 27.0. The van der Waals surface area contributed by atoms with Crippen molar-refractivity contribution in [1.29, 1.82) is 0 Å². The van der Waals surface area contributed by atoms with Crippen LogP contribution in [0.25, 0.3) is 0 Å². The van der Waals surface area contributed by atoms with Gasteiger partial charge in [0, 0.05) is 6.42 Å². The summed E-state index contributed by atoms with van der Waals surface area (Å²) in [6.45, 7) is 0. The number of hydrogen-bond acceptors (Lipinski definition) is 3. The number of Topliss-reactive ketones (excluding diaryl/α,β-unsaturated/α-hetero) is 1. The molecule has 1 N–H and O–H groups in total. The number of hydrogen-bond donors (Lipinski definition) is 1. The number of rotatable bonds is 0. The summed E-state index contributed by atoms with van der Waals surface area (Å²) in [5, 5.41) is 8.70. The molecule has 0 spiro atoms. The summed E-state index contributed by atoms with van der Waals surface area (Å²) in [7, 11) is 0. The smallest absolute Gasteiger partial charge is 0.191 e. The van der Waals surface area contributed by atoms with Crippen LogP contribution in [0.1, 0.15) is 6.42 Å². The second-order valence-electron chi connectivity index (χ2n) is 1.88. The summed E-state index contributed by atoms with van der Waals surface area (Å²) in [6.07, 6.45) is 1.46. The van der Waals surface area contributed by atoms with E-state index >= 15 is 0 Å². The molecule has 0 aromatic rings. The average molecular weight is 126 g/mol. The van der Waals surface area contributed by atoms with Crippen molar-refractivity contribution in [2.24, 2.45) is 0 Å². The van der Waals surface area contributed by atoms with Crippen molar-refractivity contribution in [3.8, 4) is 0 Å². The number of carbonyl (C=O) groups excluding carboxylic acids is 2. The molecule has 0 aromatic heterocycles. The number of allylic oxidation sites excluding steroid dienone is 1. The first-order valence-electron chi connectivity index (χ1n) is 2.63. The lowest BCUT2D eigenvalue weighted by Crippen LogP contribution is -2.30. The predicted octanol–water partition coefficient (Wildman–Crippen LogP) is -0.555. The lowest BCUT2D eigenvalue weighted by Gasteiger charge is -2.06. The van der Waals surface area contributed by atoms with Gasteiger partial charge in [0.2, 0.25) is 0 Å². The van der Waals surface area contributed by atoms with Crippen molar-refractivity contribution in [3.63, 3.8) is 0 Å². The quantitative estimate of drug-likeness (QED) is 0.443. The maximum absolute atomic E-state index is 10.5. The van der Waals surface area contributed by atoms with Gasteiger partial charge in [0.05, 0.1) is 0 Å². The fourth-order valence-corrected chi connectivity index (χ4v) is 0.653. The molecule has 0 aliphatic heterocycles. The Morgan fingerprint density at radius 2 is 2.22 bits per heavy atom.